The van der Waals surface area contributed by atoms with Gasteiger partial charge in [-0.1, -0.05) is 105 Å². The summed E-state index contributed by atoms with van der Waals surface area (Å²) in [5.74, 6) is 0. The smallest absolute Gasteiger partial charge is 0.0468 e. The second-order valence-electron chi connectivity index (χ2n) is 14.6. The molecule has 8 aromatic carbocycles. The molecule has 3 heteroatoms. The van der Waals surface area contributed by atoms with E-state index in [2.05, 4.69) is 183 Å². The van der Waals surface area contributed by atoms with E-state index in [1.807, 2.05) is 22.7 Å². The lowest BCUT2D eigenvalue weighted by molar-refractivity contribution is 0.660. The summed E-state index contributed by atoms with van der Waals surface area (Å²) < 4.78 is 5.32. The Morgan fingerprint density at radius 1 is 0.385 bits per heavy atom. The number of nitrogens with zero attached hydrogens (tertiary/aromatic N) is 1. The van der Waals surface area contributed by atoms with Crippen LogP contribution in [-0.2, 0) is 5.41 Å². The minimum Gasteiger partial charge on any atom is -0.310 e. The minimum absolute atomic E-state index is 0.0809. The van der Waals surface area contributed by atoms with Crippen molar-refractivity contribution in [3.63, 3.8) is 0 Å². The molecule has 0 spiro atoms. The zero-order valence-corrected chi connectivity index (χ0v) is 30.5. The average Bonchev–Trinajstić information content (AvgIpc) is 3.81. The van der Waals surface area contributed by atoms with Gasteiger partial charge in [-0.05, 0) is 117 Å². The summed E-state index contributed by atoms with van der Waals surface area (Å²) >= 11 is 3.75. The molecular formula is C49H33NS2. The van der Waals surface area contributed by atoms with Gasteiger partial charge in [0.05, 0.1) is 0 Å². The van der Waals surface area contributed by atoms with Crippen LogP contribution in [0.5, 0.6) is 0 Å². The molecule has 10 aromatic rings. The fourth-order valence-electron chi connectivity index (χ4n) is 8.58. The number of hydrogen-bond acceptors (Lipinski definition) is 3. The Hall–Kier alpha value is -5.74. The highest BCUT2D eigenvalue weighted by molar-refractivity contribution is 7.26. The first-order valence-corrected chi connectivity index (χ1v) is 19.5. The Bertz CT molecular complexity index is 3050. The summed E-state index contributed by atoms with van der Waals surface area (Å²) in [6.07, 6.45) is 0. The van der Waals surface area contributed by atoms with Gasteiger partial charge < -0.3 is 4.90 Å². The molecule has 246 valence electrons. The van der Waals surface area contributed by atoms with Gasteiger partial charge in [-0.25, -0.2) is 0 Å². The molecule has 0 saturated carbocycles. The van der Waals surface area contributed by atoms with E-state index in [1.165, 1.54) is 90.2 Å². The first-order valence-electron chi connectivity index (χ1n) is 17.9. The summed E-state index contributed by atoms with van der Waals surface area (Å²) in [7, 11) is 0. The summed E-state index contributed by atoms with van der Waals surface area (Å²) in [6.45, 7) is 4.72. The Morgan fingerprint density at radius 2 is 0.981 bits per heavy atom. The maximum absolute atomic E-state index is 2.44. The van der Waals surface area contributed by atoms with Crippen molar-refractivity contribution in [2.75, 3.05) is 4.90 Å². The van der Waals surface area contributed by atoms with Crippen molar-refractivity contribution in [1.82, 2.24) is 0 Å². The van der Waals surface area contributed by atoms with Crippen LogP contribution in [0.25, 0.3) is 73.4 Å². The molecule has 2 heterocycles. The van der Waals surface area contributed by atoms with Gasteiger partial charge in [0.1, 0.15) is 0 Å². The molecule has 0 unspecified atom stereocenters. The number of hydrogen-bond donors (Lipinski definition) is 0. The Morgan fingerprint density at radius 3 is 1.79 bits per heavy atom. The third kappa shape index (κ3) is 4.46. The lowest BCUT2D eigenvalue weighted by Gasteiger charge is -2.28. The fraction of sp³-hybridized carbons (Fsp3) is 0.0612. The van der Waals surface area contributed by atoms with Crippen LogP contribution in [0.4, 0.5) is 17.1 Å². The van der Waals surface area contributed by atoms with Crippen LogP contribution < -0.4 is 4.90 Å². The lowest BCUT2D eigenvalue weighted by Crippen LogP contribution is -2.16. The van der Waals surface area contributed by atoms with Crippen LogP contribution in [0, 0.1) is 0 Å². The standard InChI is InChI=1S/C49H33NS2/c1-49(2)43-12-6-3-9-37(43)38-23-21-36(29-44(38)49)50(35-22-24-47-42(28-35)40-11-5-7-13-45(40)51-47)34-19-17-30(18-20-34)31-15-16-32-26-41-39-10-4-8-14-46(39)52-48(41)27-33(32)25-31/h3-29H,1-2H3. The molecule has 0 bridgehead atoms. The highest BCUT2D eigenvalue weighted by Crippen LogP contribution is 2.51. The van der Waals surface area contributed by atoms with Gasteiger partial charge in [0.15, 0.2) is 0 Å². The molecule has 0 amide bonds. The van der Waals surface area contributed by atoms with Gasteiger partial charge in [-0.15, -0.1) is 22.7 Å². The van der Waals surface area contributed by atoms with E-state index in [-0.39, 0.29) is 5.41 Å². The third-order valence-corrected chi connectivity index (χ3v) is 13.5. The second-order valence-corrected chi connectivity index (χ2v) is 16.7. The van der Waals surface area contributed by atoms with Gasteiger partial charge in [-0.3, -0.25) is 0 Å². The Kier molecular flexibility index (Phi) is 6.41. The Balaban J connectivity index is 1.04. The Labute approximate surface area is 310 Å². The van der Waals surface area contributed by atoms with Crippen LogP contribution in [0.15, 0.2) is 164 Å². The maximum Gasteiger partial charge on any atom is 0.0468 e. The number of anilines is 3. The molecule has 0 atom stereocenters. The number of rotatable bonds is 4. The largest absolute Gasteiger partial charge is 0.310 e. The van der Waals surface area contributed by atoms with E-state index >= 15 is 0 Å². The SMILES string of the molecule is CC1(C)c2ccccc2-c2ccc(N(c3ccc(-c4ccc5cc6c(cc5c4)sc4ccccc46)cc3)c3ccc4sc5ccccc5c4c3)cc21. The van der Waals surface area contributed by atoms with E-state index in [0.29, 0.717) is 0 Å². The third-order valence-electron chi connectivity index (χ3n) is 11.2. The quantitative estimate of drug-likeness (QED) is 0.177. The summed E-state index contributed by atoms with van der Waals surface area (Å²) in [4.78, 5) is 2.44. The fourth-order valence-corrected chi connectivity index (χ4v) is 10.8. The topological polar surface area (TPSA) is 3.24 Å². The molecule has 2 aromatic heterocycles. The second kappa shape index (κ2) is 11.1. The zero-order chi connectivity index (χ0) is 34.6. The van der Waals surface area contributed by atoms with Crippen molar-refractivity contribution in [3.8, 4) is 22.3 Å². The van der Waals surface area contributed by atoms with Crippen LogP contribution in [0.1, 0.15) is 25.0 Å². The predicted molar refractivity (Wildman–Crippen MR) is 227 cm³/mol. The molecule has 1 aliphatic carbocycles. The van der Waals surface area contributed by atoms with E-state index in [1.54, 1.807) is 0 Å². The van der Waals surface area contributed by atoms with Crippen molar-refractivity contribution < 1.29 is 0 Å². The van der Waals surface area contributed by atoms with Crippen LogP contribution in [-0.4, -0.2) is 0 Å². The summed E-state index contributed by atoms with van der Waals surface area (Å²) in [5.41, 5.74) is 11.3. The van der Waals surface area contributed by atoms with Gasteiger partial charge in [0.2, 0.25) is 0 Å². The molecule has 1 nitrogen and oxygen atoms in total. The van der Waals surface area contributed by atoms with Crippen LogP contribution >= 0.6 is 22.7 Å². The first-order chi connectivity index (χ1) is 25.5. The summed E-state index contributed by atoms with van der Waals surface area (Å²) in [6, 6.07) is 61.2. The number of benzene rings is 8. The van der Waals surface area contributed by atoms with Gasteiger partial charge in [0, 0.05) is 62.8 Å². The molecule has 0 fully saturated rings. The monoisotopic (exact) mass is 699 g/mol. The normalized spacial score (nSPS) is 13.3. The zero-order valence-electron chi connectivity index (χ0n) is 28.9. The van der Waals surface area contributed by atoms with Crippen molar-refractivity contribution in [3.05, 3.63) is 175 Å². The van der Waals surface area contributed by atoms with Gasteiger partial charge >= 0.3 is 0 Å². The molecule has 11 rings (SSSR count). The average molecular weight is 700 g/mol. The van der Waals surface area contributed by atoms with Crippen molar-refractivity contribution in [2.45, 2.75) is 19.3 Å². The highest BCUT2D eigenvalue weighted by Gasteiger charge is 2.35. The molecule has 52 heavy (non-hydrogen) atoms. The maximum atomic E-state index is 2.44. The van der Waals surface area contributed by atoms with Crippen molar-refractivity contribution in [1.29, 1.82) is 0 Å². The number of fused-ring (bicyclic) bond motifs is 10. The highest BCUT2D eigenvalue weighted by atomic mass is 32.1. The van der Waals surface area contributed by atoms with Gasteiger partial charge in [0.25, 0.3) is 0 Å². The van der Waals surface area contributed by atoms with E-state index in [4.69, 9.17) is 0 Å². The van der Waals surface area contributed by atoms with Crippen molar-refractivity contribution in [2.24, 2.45) is 0 Å². The molecule has 0 radical (unpaired) electrons. The molecule has 0 aliphatic heterocycles. The van der Waals surface area contributed by atoms with E-state index < -0.39 is 0 Å². The molecule has 0 N–H and O–H groups in total. The lowest BCUT2D eigenvalue weighted by atomic mass is 9.82. The minimum atomic E-state index is -0.0809. The predicted octanol–water partition coefficient (Wildman–Crippen LogP) is 15.0. The number of thiophene rings is 2. The van der Waals surface area contributed by atoms with Crippen LogP contribution in [0.2, 0.25) is 0 Å². The first kappa shape index (κ1) is 29.9. The molecular weight excluding hydrogens is 667 g/mol. The van der Waals surface area contributed by atoms with E-state index in [9.17, 15) is 0 Å². The van der Waals surface area contributed by atoms with Crippen LogP contribution in [0.3, 0.4) is 0 Å². The summed E-state index contributed by atoms with van der Waals surface area (Å²) in [5, 5.41) is 7.86. The molecule has 0 saturated heterocycles. The molecule has 1 aliphatic rings. The van der Waals surface area contributed by atoms with E-state index in [0.717, 1.165) is 11.4 Å². The van der Waals surface area contributed by atoms with Crippen molar-refractivity contribution >= 4 is 90.9 Å². The van der Waals surface area contributed by atoms with Gasteiger partial charge in [-0.2, -0.15) is 0 Å².